The van der Waals surface area contributed by atoms with Crippen LogP contribution < -0.4 is 5.32 Å². The quantitative estimate of drug-likeness (QED) is 0.492. The van der Waals surface area contributed by atoms with Crippen LogP contribution in [0.1, 0.15) is 26.7 Å². The molecule has 2 atom stereocenters. The van der Waals surface area contributed by atoms with E-state index in [4.69, 9.17) is 0 Å². The van der Waals surface area contributed by atoms with Crippen LogP contribution in [0.15, 0.2) is 0 Å². The maximum Gasteiger partial charge on any atom is 0.00516 e. The van der Waals surface area contributed by atoms with Gasteiger partial charge in [0.2, 0.25) is 0 Å². The zero-order valence-corrected chi connectivity index (χ0v) is 6.99. The van der Waals surface area contributed by atoms with E-state index in [9.17, 15) is 0 Å². The topological polar surface area (TPSA) is 12.0 Å². The normalized spacial score (nSPS) is 45.0. The number of rotatable bonds is 0. The molecule has 1 heterocycles. The van der Waals surface area contributed by atoms with Crippen LogP contribution in [-0.2, 0) is 0 Å². The number of hydrogen-bond acceptors (Lipinski definition) is 2. The smallest absolute Gasteiger partial charge is 0.00516 e. The molecule has 54 valence electrons. The summed E-state index contributed by atoms with van der Waals surface area (Å²) in [5, 5.41) is 4.08. The molecule has 9 heavy (non-hydrogen) atoms. The van der Waals surface area contributed by atoms with Crippen LogP contribution in [-0.4, -0.2) is 17.3 Å². The van der Waals surface area contributed by atoms with E-state index in [1.807, 2.05) is 0 Å². The Balaban J connectivity index is 2.34. The van der Waals surface area contributed by atoms with E-state index >= 15 is 0 Å². The molecule has 0 saturated carbocycles. The number of nitrogens with one attached hydrogen (secondary N) is 1. The predicted molar refractivity (Wildman–Crippen MR) is 44.1 cm³/mol. The standard InChI is InChI=1S/C7H15NS/c1-5-3-7(9)4-6(2)8-5/h5-9H,3-4H2,1-2H3. The van der Waals surface area contributed by atoms with E-state index in [1.54, 1.807) is 0 Å². The third kappa shape index (κ3) is 2.18. The van der Waals surface area contributed by atoms with Gasteiger partial charge in [-0.25, -0.2) is 0 Å². The Kier molecular flexibility index (Phi) is 2.42. The average Bonchev–Trinajstić information content (AvgIpc) is 1.59. The minimum Gasteiger partial charge on any atom is -0.312 e. The number of piperidine rings is 1. The van der Waals surface area contributed by atoms with Crippen molar-refractivity contribution in [3.8, 4) is 0 Å². The van der Waals surface area contributed by atoms with Gasteiger partial charge in [-0.15, -0.1) is 0 Å². The Morgan fingerprint density at radius 1 is 1.22 bits per heavy atom. The first-order valence-corrected chi connectivity index (χ1v) is 4.14. The molecule has 0 bridgehead atoms. The van der Waals surface area contributed by atoms with Gasteiger partial charge in [-0.05, 0) is 26.7 Å². The molecule has 1 aliphatic rings. The first-order valence-electron chi connectivity index (χ1n) is 3.62. The van der Waals surface area contributed by atoms with Crippen molar-refractivity contribution in [3.05, 3.63) is 0 Å². The molecule has 2 unspecified atom stereocenters. The van der Waals surface area contributed by atoms with E-state index in [-0.39, 0.29) is 0 Å². The Bertz CT molecular complexity index is 69.9. The van der Waals surface area contributed by atoms with Gasteiger partial charge >= 0.3 is 0 Å². The summed E-state index contributed by atoms with van der Waals surface area (Å²) in [5.74, 6) is 0. The minimum absolute atomic E-state index is 0.622. The van der Waals surface area contributed by atoms with Gasteiger partial charge in [-0.3, -0.25) is 0 Å². The molecule has 0 aromatic rings. The lowest BCUT2D eigenvalue weighted by Gasteiger charge is -2.30. The lowest BCUT2D eigenvalue weighted by molar-refractivity contribution is 0.361. The molecule has 1 saturated heterocycles. The molecular weight excluding hydrogens is 130 g/mol. The van der Waals surface area contributed by atoms with Crippen molar-refractivity contribution in [3.63, 3.8) is 0 Å². The molecule has 0 aromatic carbocycles. The SMILES string of the molecule is CC1CC(S)CC(C)N1. The van der Waals surface area contributed by atoms with Crippen molar-refractivity contribution in [2.75, 3.05) is 0 Å². The molecular formula is C7H15NS. The maximum absolute atomic E-state index is 4.44. The summed E-state index contributed by atoms with van der Waals surface area (Å²) in [5.41, 5.74) is 0. The third-order valence-electron chi connectivity index (χ3n) is 1.82. The van der Waals surface area contributed by atoms with E-state index in [1.165, 1.54) is 12.8 Å². The second kappa shape index (κ2) is 2.93. The van der Waals surface area contributed by atoms with Crippen molar-refractivity contribution in [1.29, 1.82) is 0 Å². The number of thiol groups is 1. The molecule has 1 N–H and O–H groups in total. The Morgan fingerprint density at radius 3 is 2.00 bits per heavy atom. The van der Waals surface area contributed by atoms with Crippen molar-refractivity contribution in [2.45, 2.75) is 44.0 Å². The number of hydrogen-bond donors (Lipinski definition) is 2. The molecule has 1 fully saturated rings. The summed E-state index contributed by atoms with van der Waals surface area (Å²) in [6.45, 7) is 4.44. The van der Waals surface area contributed by atoms with Gasteiger partial charge in [0.05, 0.1) is 0 Å². The summed E-state index contributed by atoms with van der Waals surface area (Å²) in [4.78, 5) is 0. The Labute approximate surface area is 62.6 Å². The van der Waals surface area contributed by atoms with E-state index in [0.29, 0.717) is 17.3 Å². The molecule has 0 aliphatic carbocycles. The fourth-order valence-corrected chi connectivity index (χ4v) is 2.17. The molecule has 1 rings (SSSR count). The van der Waals surface area contributed by atoms with Gasteiger partial charge in [0.25, 0.3) is 0 Å². The van der Waals surface area contributed by atoms with Gasteiger partial charge in [-0.1, -0.05) is 0 Å². The van der Waals surface area contributed by atoms with Gasteiger partial charge < -0.3 is 5.32 Å². The third-order valence-corrected chi connectivity index (χ3v) is 2.24. The molecule has 0 amide bonds. The highest BCUT2D eigenvalue weighted by Gasteiger charge is 2.19. The predicted octanol–water partition coefficient (Wildman–Crippen LogP) is 1.45. The van der Waals surface area contributed by atoms with Crippen LogP contribution in [0.25, 0.3) is 0 Å². The van der Waals surface area contributed by atoms with Gasteiger partial charge in [0.1, 0.15) is 0 Å². The fraction of sp³-hybridized carbons (Fsp3) is 1.00. The van der Waals surface area contributed by atoms with Crippen LogP contribution in [0.3, 0.4) is 0 Å². The average molecular weight is 145 g/mol. The van der Waals surface area contributed by atoms with Crippen molar-refractivity contribution >= 4 is 12.6 Å². The van der Waals surface area contributed by atoms with Gasteiger partial charge in [0, 0.05) is 17.3 Å². The van der Waals surface area contributed by atoms with Crippen LogP contribution in [0.5, 0.6) is 0 Å². The molecule has 1 nitrogen and oxygen atoms in total. The van der Waals surface area contributed by atoms with E-state index in [2.05, 4.69) is 31.8 Å². The van der Waals surface area contributed by atoms with E-state index in [0.717, 1.165) is 0 Å². The van der Waals surface area contributed by atoms with Crippen molar-refractivity contribution < 1.29 is 0 Å². The van der Waals surface area contributed by atoms with Crippen LogP contribution in [0.2, 0.25) is 0 Å². The Morgan fingerprint density at radius 2 is 1.67 bits per heavy atom. The fourth-order valence-electron chi connectivity index (χ4n) is 1.53. The van der Waals surface area contributed by atoms with Crippen molar-refractivity contribution in [2.24, 2.45) is 0 Å². The zero-order chi connectivity index (χ0) is 6.85. The van der Waals surface area contributed by atoms with Gasteiger partial charge in [-0.2, -0.15) is 12.6 Å². The second-order valence-electron chi connectivity index (χ2n) is 3.09. The zero-order valence-electron chi connectivity index (χ0n) is 6.09. The van der Waals surface area contributed by atoms with Gasteiger partial charge in [0.15, 0.2) is 0 Å². The Hall–Kier alpha value is 0.310. The summed E-state index contributed by atoms with van der Waals surface area (Å²) < 4.78 is 0. The van der Waals surface area contributed by atoms with Crippen LogP contribution >= 0.6 is 12.6 Å². The molecule has 2 heteroatoms. The maximum atomic E-state index is 4.44. The first kappa shape index (κ1) is 7.42. The highest BCUT2D eigenvalue weighted by molar-refractivity contribution is 7.80. The first-order chi connectivity index (χ1) is 4.18. The van der Waals surface area contributed by atoms with Crippen LogP contribution in [0.4, 0.5) is 0 Å². The summed E-state index contributed by atoms with van der Waals surface area (Å²) in [6.07, 6.45) is 2.43. The molecule has 0 radical (unpaired) electrons. The summed E-state index contributed by atoms with van der Waals surface area (Å²) in [7, 11) is 0. The molecule has 1 aliphatic heterocycles. The van der Waals surface area contributed by atoms with Crippen molar-refractivity contribution in [1.82, 2.24) is 5.32 Å². The monoisotopic (exact) mass is 145 g/mol. The minimum atomic E-state index is 0.622. The summed E-state index contributed by atoms with van der Waals surface area (Å²) >= 11 is 4.44. The second-order valence-corrected chi connectivity index (χ2v) is 3.82. The van der Waals surface area contributed by atoms with Crippen LogP contribution in [0, 0.1) is 0 Å². The highest BCUT2D eigenvalue weighted by Crippen LogP contribution is 2.17. The van der Waals surface area contributed by atoms with E-state index < -0.39 is 0 Å². The lowest BCUT2D eigenvalue weighted by atomic mass is 10.0. The highest BCUT2D eigenvalue weighted by atomic mass is 32.1. The largest absolute Gasteiger partial charge is 0.312 e. The lowest BCUT2D eigenvalue weighted by Crippen LogP contribution is -2.42. The summed E-state index contributed by atoms with van der Waals surface area (Å²) in [6, 6.07) is 1.33. The molecule has 0 aromatic heterocycles. The molecule has 0 spiro atoms.